The predicted octanol–water partition coefficient (Wildman–Crippen LogP) is 3.05. The number of piperidine rings is 1. The fourth-order valence-corrected chi connectivity index (χ4v) is 2.24. The SMILES string of the molecule is Cl.O=[N+]([O-])c1cc(Cl)cc(OCC2CCCNC2)c1. The molecule has 0 aliphatic carbocycles. The predicted molar refractivity (Wildman–Crippen MR) is 76.4 cm³/mol. The van der Waals surface area contributed by atoms with Crippen molar-refractivity contribution < 1.29 is 9.66 Å². The molecule has 1 saturated heterocycles. The summed E-state index contributed by atoms with van der Waals surface area (Å²) in [6, 6.07) is 4.32. The standard InChI is InChI=1S/C12H15ClN2O3.ClH/c13-10-4-11(15(16)17)6-12(5-10)18-8-9-2-1-3-14-7-9;/h4-6,9,14H,1-3,7-8H2;1H. The number of hydrogen-bond donors (Lipinski definition) is 1. The van der Waals surface area contributed by atoms with Gasteiger partial charge in [0.15, 0.2) is 0 Å². The van der Waals surface area contributed by atoms with Crippen LogP contribution < -0.4 is 10.1 Å². The molecule has 19 heavy (non-hydrogen) atoms. The molecule has 1 aliphatic heterocycles. The summed E-state index contributed by atoms with van der Waals surface area (Å²) in [7, 11) is 0. The molecule has 106 valence electrons. The second kappa shape index (κ2) is 7.53. The van der Waals surface area contributed by atoms with Crippen molar-refractivity contribution in [3.05, 3.63) is 33.3 Å². The van der Waals surface area contributed by atoms with E-state index < -0.39 is 4.92 Å². The summed E-state index contributed by atoms with van der Waals surface area (Å²) >= 11 is 5.82. The Bertz CT molecular complexity index is 437. The summed E-state index contributed by atoms with van der Waals surface area (Å²) < 4.78 is 5.59. The Balaban J connectivity index is 0.00000180. The minimum Gasteiger partial charge on any atom is -0.493 e. The van der Waals surface area contributed by atoms with Crippen LogP contribution in [-0.4, -0.2) is 24.6 Å². The molecule has 1 aromatic carbocycles. The number of nitro benzene ring substituents is 1. The zero-order valence-corrected chi connectivity index (χ0v) is 11.9. The van der Waals surface area contributed by atoms with Crippen molar-refractivity contribution in [2.45, 2.75) is 12.8 Å². The number of halogens is 2. The lowest BCUT2D eigenvalue weighted by Gasteiger charge is -2.22. The van der Waals surface area contributed by atoms with Crippen LogP contribution in [0.4, 0.5) is 5.69 Å². The van der Waals surface area contributed by atoms with Gasteiger partial charge in [0.1, 0.15) is 5.75 Å². The maximum Gasteiger partial charge on any atom is 0.274 e. The molecular formula is C12H16Cl2N2O3. The first-order valence-corrected chi connectivity index (χ1v) is 6.31. The molecule has 7 heteroatoms. The van der Waals surface area contributed by atoms with Crippen LogP contribution >= 0.6 is 24.0 Å². The summed E-state index contributed by atoms with van der Waals surface area (Å²) in [5.74, 6) is 0.913. The van der Waals surface area contributed by atoms with E-state index in [-0.39, 0.29) is 18.1 Å². The number of nitrogens with zero attached hydrogens (tertiary/aromatic N) is 1. The van der Waals surface area contributed by atoms with Gasteiger partial charge in [0.2, 0.25) is 0 Å². The van der Waals surface area contributed by atoms with Crippen molar-refractivity contribution in [1.29, 1.82) is 0 Å². The first-order valence-electron chi connectivity index (χ1n) is 5.93. The van der Waals surface area contributed by atoms with Gasteiger partial charge in [-0.25, -0.2) is 0 Å². The highest BCUT2D eigenvalue weighted by molar-refractivity contribution is 6.30. The normalized spacial score (nSPS) is 18.5. The number of hydrogen-bond acceptors (Lipinski definition) is 4. The van der Waals surface area contributed by atoms with Gasteiger partial charge in [0.25, 0.3) is 5.69 Å². The van der Waals surface area contributed by atoms with Crippen LogP contribution in [0.5, 0.6) is 5.75 Å². The van der Waals surface area contributed by atoms with Crippen LogP contribution in [0.3, 0.4) is 0 Å². The van der Waals surface area contributed by atoms with Crippen LogP contribution in [0.2, 0.25) is 5.02 Å². The Hall–Kier alpha value is -1.04. The smallest absolute Gasteiger partial charge is 0.274 e. The molecule has 0 amide bonds. The highest BCUT2D eigenvalue weighted by Gasteiger charge is 2.15. The topological polar surface area (TPSA) is 64.4 Å². The molecule has 1 N–H and O–H groups in total. The van der Waals surface area contributed by atoms with E-state index in [0.717, 1.165) is 25.9 Å². The number of non-ortho nitro benzene ring substituents is 1. The Labute approximate surface area is 122 Å². The molecule has 0 bridgehead atoms. The van der Waals surface area contributed by atoms with E-state index in [9.17, 15) is 10.1 Å². The maximum atomic E-state index is 10.7. The Kier molecular flexibility index (Phi) is 6.34. The zero-order valence-electron chi connectivity index (χ0n) is 10.3. The van der Waals surface area contributed by atoms with Crippen LogP contribution in [0.15, 0.2) is 18.2 Å². The molecule has 1 aliphatic rings. The maximum absolute atomic E-state index is 10.7. The molecule has 1 aromatic rings. The molecule has 0 radical (unpaired) electrons. The minimum absolute atomic E-state index is 0. The van der Waals surface area contributed by atoms with Gasteiger partial charge in [-0.05, 0) is 25.5 Å². The zero-order chi connectivity index (χ0) is 13.0. The first-order chi connectivity index (χ1) is 8.65. The van der Waals surface area contributed by atoms with Gasteiger partial charge < -0.3 is 10.1 Å². The van der Waals surface area contributed by atoms with Crippen molar-refractivity contribution in [2.24, 2.45) is 5.92 Å². The number of rotatable bonds is 4. The third kappa shape index (κ3) is 4.86. The number of ether oxygens (including phenoxy) is 1. The molecule has 1 unspecified atom stereocenters. The molecule has 0 spiro atoms. The van der Waals surface area contributed by atoms with Crippen molar-refractivity contribution in [3.8, 4) is 5.75 Å². The first kappa shape index (κ1) is 16.0. The summed E-state index contributed by atoms with van der Waals surface area (Å²) in [6.07, 6.45) is 2.26. The number of nitro groups is 1. The van der Waals surface area contributed by atoms with Crippen LogP contribution in [0.1, 0.15) is 12.8 Å². The van der Waals surface area contributed by atoms with E-state index in [0.29, 0.717) is 23.3 Å². The highest BCUT2D eigenvalue weighted by atomic mass is 35.5. The average Bonchev–Trinajstić information content (AvgIpc) is 2.37. The summed E-state index contributed by atoms with van der Waals surface area (Å²) in [5.41, 5.74) is -0.0423. The fourth-order valence-electron chi connectivity index (χ4n) is 2.02. The molecule has 1 fully saturated rings. The van der Waals surface area contributed by atoms with Crippen molar-refractivity contribution in [2.75, 3.05) is 19.7 Å². The van der Waals surface area contributed by atoms with Gasteiger partial charge >= 0.3 is 0 Å². The van der Waals surface area contributed by atoms with E-state index in [1.165, 1.54) is 12.1 Å². The van der Waals surface area contributed by atoms with Crippen molar-refractivity contribution in [3.63, 3.8) is 0 Å². The summed E-state index contributed by atoms with van der Waals surface area (Å²) in [6.45, 7) is 2.55. The van der Waals surface area contributed by atoms with Crippen molar-refractivity contribution >= 4 is 29.7 Å². The van der Waals surface area contributed by atoms with E-state index in [4.69, 9.17) is 16.3 Å². The van der Waals surface area contributed by atoms with Crippen LogP contribution in [0, 0.1) is 16.0 Å². The molecule has 1 heterocycles. The van der Waals surface area contributed by atoms with Gasteiger partial charge in [-0.3, -0.25) is 10.1 Å². The minimum atomic E-state index is -0.471. The third-order valence-corrected chi connectivity index (χ3v) is 3.17. The average molecular weight is 307 g/mol. The summed E-state index contributed by atoms with van der Waals surface area (Å²) in [4.78, 5) is 10.2. The lowest BCUT2D eigenvalue weighted by Crippen LogP contribution is -2.33. The lowest BCUT2D eigenvalue weighted by molar-refractivity contribution is -0.384. The lowest BCUT2D eigenvalue weighted by atomic mass is 10.0. The molecule has 1 atom stereocenters. The largest absolute Gasteiger partial charge is 0.493 e. The van der Waals surface area contributed by atoms with Gasteiger partial charge in [-0.15, -0.1) is 12.4 Å². The van der Waals surface area contributed by atoms with Crippen LogP contribution in [0.25, 0.3) is 0 Å². The highest BCUT2D eigenvalue weighted by Crippen LogP contribution is 2.26. The Morgan fingerprint density at radius 1 is 1.47 bits per heavy atom. The Morgan fingerprint density at radius 2 is 2.26 bits per heavy atom. The molecule has 2 rings (SSSR count). The fraction of sp³-hybridized carbons (Fsp3) is 0.500. The van der Waals surface area contributed by atoms with E-state index in [1.54, 1.807) is 6.07 Å². The quantitative estimate of drug-likeness (QED) is 0.686. The van der Waals surface area contributed by atoms with Gasteiger partial charge in [-0.1, -0.05) is 11.6 Å². The second-order valence-corrected chi connectivity index (χ2v) is 4.86. The van der Waals surface area contributed by atoms with E-state index in [2.05, 4.69) is 5.32 Å². The molecule has 5 nitrogen and oxygen atoms in total. The molecule has 0 saturated carbocycles. The van der Waals surface area contributed by atoms with Gasteiger partial charge in [0.05, 0.1) is 22.6 Å². The number of benzene rings is 1. The molecular weight excluding hydrogens is 291 g/mol. The van der Waals surface area contributed by atoms with E-state index >= 15 is 0 Å². The molecule has 0 aromatic heterocycles. The monoisotopic (exact) mass is 306 g/mol. The van der Waals surface area contributed by atoms with Gasteiger partial charge in [-0.2, -0.15) is 0 Å². The van der Waals surface area contributed by atoms with Gasteiger partial charge in [0, 0.05) is 18.5 Å². The number of nitrogens with one attached hydrogen (secondary N) is 1. The Morgan fingerprint density at radius 3 is 2.89 bits per heavy atom. The second-order valence-electron chi connectivity index (χ2n) is 4.43. The van der Waals surface area contributed by atoms with Crippen molar-refractivity contribution in [1.82, 2.24) is 5.32 Å². The van der Waals surface area contributed by atoms with E-state index in [1.807, 2.05) is 0 Å². The summed E-state index contributed by atoms with van der Waals surface area (Å²) in [5, 5.41) is 14.3. The third-order valence-electron chi connectivity index (χ3n) is 2.95. The van der Waals surface area contributed by atoms with Crippen LogP contribution in [-0.2, 0) is 0 Å².